The van der Waals surface area contributed by atoms with E-state index in [9.17, 15) is 28.6 Å². The molecule has 1 aliphatic heterocycles. The number of carbonyl (C=O) groups excluding carboxylic acids is 1. The summed E-state index contributed by atoms with van der Waals surface area (Å²) in [4.78, 5) is 54.3. The van der Waals surface area contributed by atoms with Gasteiger partial charge in [-0.2, -0.15) is 4.31 Å². The summed E-state index contributed by atoms with van der Waals surface area (Å²) in [5.41, 5.74) is 6.26. The molecule has 0 saturated carbocycles. The molecule has 0 bridgehead atoms. The van der Waals surface area contributed by atoms with Gasteiger partial charge in [-0.3, -0.25) is 13.9 Å². The van der Waals surface area contributed by atoms with Crippen LogP contribution in [0.15, 0.2) is 12.7 Å². The largest absolute Gasteiger partial charge is 0.481 e. The Hall–Kier alpha value is -2.07. The molecule has 2 aromatic rings. The van der Waals surface area contributed by atoms with Gasteiger partial charge in [0.05, 0.1) is 24.6 Å². The van der Waals surface area contributed by atoms with Crippen LogP contribution in [0.4, 0.5) is 10.2 Å². The fraction of sp³-hybridized carbons (Fsp3) is 0.818. The van der Waals surface area contributed by atoms with Crippen LogP contribution >= 0.6 is 15.6 Å². The Morgan fingerprint density at radius 3 is 2.12 bits per heavy atom. The third-order valence-electron chi connectivity index (χ3n) is 9.20. The fourth-order valence-electron chi connectivity index (χ4n) is 6.59. The van der Waals surface area contributed by atoms with Crippen LogP contribution in [0.3, 0.4) is 0 Å². The number of hydrogen-bond donors (Lipinski definition) is 5. The molecule has 1 aliphatic rings. The van der Waals surface area contributed by atoms with Crippen molar-refractivity contribution in [2.45, 2.75) is 167 Å². The lowest BCUT2D eigenvalue weighted by molar-refractivity contribution is -0.128. The van der Waals surface area contributed by atoms with Crippen LogP contribution < -0.4 is 11.1 Å². The minimum atomic E-state index is -5.52. The van der Waals surface area contributed by atoms with Crippen molar-refractivity contribution in [3.05, 3.63) is 12.7 Å². The number of alkyl halides is 1. The molecular formula is C33H59FN6O10P2. The smallest absolute Gasteiger partial charge is 0.382 e. The first-order chi connectivity index (χ1) is 24.8. The third kappa shape index (κ3) is 15.0. The third-order valence-corrected chi connectivity index (χ3v) is 11.4. The van der Waals surface area contributed by atoms with Crippen LogP contribution in [0.2, 0.25) is 0 Å². The fourth-order valence-corrected chi connectivity index (χ4v) is 8.39. The molecule has 7 atom stereocenters. The van der Waals surface area contributed by atoms with E-state index in [4.69, 9.17) is 19.7 Å². The zero-order valence-corrected chi connectivity index (χ0v) is 32.5. The highest BCUT2D eigenvalue weighted by Gasteiger charge is 2.49. The summed E-state index contributed by atoms with van der Waals surface area (Å²) < 4.78 is 62.5. The Labute approximate surface area is 306 Å². The summed E-state index contributed by atoms with van der Waals surface area (Å²) in [6.45, 7) is 5.69. The number of ether oxygens (including phenoxy) is 2. The van der Waals surface area contributed by atoms with Crippen molar-refractivity contribution < 1.29 is 51.3 Å². The maximum atomic E-state index is 15.7. The maximum absolute atomic E-state index is 15.7. The van der Waals surface area contributed by atoms with Gasteiger partial charge in [0.1, 0.15) is 24.1 Å². The van der Waals surface area contributed by atoms with Gasteiger partial charge in [0, 0.05) is 19.4 Å². The lowest BCUT2D eigenvalue weighted by Crippen LogP contribution is -2.55. The molecule has 0 spiro atoms. The zero-order valence-electron chi connectivity index (χ0n) is 30.7. The zero-order chi connectivity index (χ0) is 38.1. The van der Waals surface area contributed by atoms with E-state index in [0.29, 0.717) is 6.42 Å². The number of halogens is 1. The number of aromatic nitrogens is 4. The standard InChI is InChI=1S/C33H59FN6O10P2/c1-4-6-7-8-9-10-11-12-13-14-15-16-17-18-19-20-27(41)39-28(24(3)47-5-2)30(49-52(45,46)50-51(42,43)44)26-21-25(34)33(48-26)40-23-38-29-31(35)36-22-37-32(29)40/h22-26,28,30,33H,4-21H2,1-3H3,(H,39,41)(H,45,46)(H2,35,36,37)(H2,42,43,44)/t24?,25-,26+,28?,30+,33-/m1/s1. The Morgan fingerprint density at radius 1 is 0.981 bits per heavy atom. The summed E-state index contributed by atoms with van der Waals surface area (Å²) >= 11 is 0. The number of nitrogen functional groups attached to an aromatic ring is 1. The number of imidazole rings is 1. The van der Waals surface area contributed by atoms with Crippen molar-refractivity contribution in [3.63, 3.8) is 0 Å². The molecule has 0 radical (unpaired) electrons. The van der Waals surface area contributed by atoms with Gasteiger partial charge in [0.2, 0.25) is 5.91 Å². The first-order valence-corrected chi connectivity index (χ1v) is 21.7. The Balaban J connectivity index is 1.60. The van der Waals surface area contributed by atoms with E-state index in [1.807, 2.05) is 0 Å². The van der Waals surface area contributed by atoms with Crippen molar-refractivity contribution >= 4 is 38.5 Å². The average molecular weight is 781 g/mol. The van der Waals surface area contributed by atoms with Gasteiger partial charge in [-0.25, -0.2) is 28.5 Å². The Morgan fingerprint density at radius 2 is 1.56 bits per heavy atom. The predicted octanol–water partition coefficient (Wildman–Crippen LogP) is 6.80. The first-order valence-electron chi connectivity index (χ1n) is 18.7. The molecule has 3 unspecified atom stereocenters. The highest BCUT2D eigenvalue weighted by atomic mass is 31.3. The molecule has 52 heavy (non-hydrogen) atoms. The molecule has 3 heterocycles. The van der Waals surface area contributed by atoms with E-state index in [0.717, 1.165) is 25.7 Å². The Bertz CT molecular complexity index is 1450. The SMILES string of the molecule is CCCCCCCCCCCCCCCCCC(=O)NC(C(C)OCC)[C@@H](OP(=O)(O)OP(=O)(O)O)[C@@H]1C[C@@H](F)[C@H](n2cnc3c(N)ncnc32)O1. The number of phosphoric acid groups is 2. The lowest BCUT2D eigenvalue weighted by atomic mass is 9.98. The van der Waals surface area contributed by atoms with E-state index < -0.39 is 64.7 Å². The van der Waals surface area contributed by atoms with Crippen LogP contribution in [-0.4, -0.2) is 77.2 Å². The van der Waals surface area contributed by atoms with Crippen molar-refractivity contribution in [1.82, 2.24) is 24.8 Å². The number of nitrogens with one attached hydrogen (secondary N) is 1. The first kappa shape index (κ1) is 44.3. The van der Waals surface area contributed by atoms with Crippen molar-refractivity contribution in [3.8, 4) is 0 Å². The van der Waals surface area contributed by atoms with Crippen LogP contribution in [0.25, 0.3) is 11.2 Å². The number of phosphoric ester groups is 1. The van der Waals surface area contributed by atoms with Crippen molar-refractivity contribution in [2.75, 3.05) is 12.3 Å². The van der Waals surface area contributed by atoms with Gasteiger partial charge in [0.25, 0.3) is 0 Å². The number of carbonyl (C=O) groups is 1. The molecule has 2 aromatic heterocycles. The number of hydrogen-bond acceptors (Lipinski definition) is 11. The van der Waals surface area contributed by atoms with Crippen molar-refractivity contribution in [1.29, 1.82) is 0 Å². The molecule has 19 heteroatoms. The monoisotopic (exact) mass is 780 g/mol. The van der Waals surface area contributed by atoms with E-state index in [2.05, 4.69) is 31.5 Å². The summed E-state index contributed by atoms with van der Waals surface area (Å²) in [5.74, 6) is -0.351. The number of nitrogens with two attached hydrogens (primary N) is 1. The van der Waals surface area contributed by atoms with Crippen LogP contribution in [0, 0.1) is 0 Å². The average Bonchev–Trinajstić information content (AvgIpc) is 3.67. The van der Waals surface area contributed by atoms with Gasteiger partial charge in [-0.15, -0.1) is 0 Å². The quantitative estimate of drug-likeness (QED) is 0.0464. The summed E-state index contributed by atoms with van der Waals surface area (Å²) in [7, 11) is -11.0. The second-order valence-electron chi connectivity index (χ2n) is 13.5. The van der Waals surface area contributed by atoms with Gasteiger partial charge in [-0.05, 0) is 20.3 Å². The molecule has 16 nitrogen and oxygen atoms in total. The molecule has 1 saturated heterocycles. The second kappa shape index (κ2) is 22.3. The number of unbranched alkanes of at least 4 members (excludes halogenated alkanes) is 14. The van der Waals surface area contributed by atoms with Gasteiger partial charge < -0.3 is 35.2 Å². The van der Waals surface area contributed by atoms with Gasteiger partial charge in [0.15, 0.2) is 17.7 Å². The predicted molar refractivity (Wildman–Crippen MR) is 194 cm³/mol. The van der Waals surface area contributed by atoms with Gasteiger partial charge >= 0.3 is 15.6 Å². The number of amides is 1. The van der Waals surface area contributed by atoms with Crippen LogP contribution in [-0.2, 0) is 32.2 Å². The normalized spacial score (nSPS) is 20.9. The molecular weight excluding hydrogens is 721 g/mol. The molecule has 3 rings (SSSR count). The number of rotatable bonds is 27. The molecule has 6 N–H and O–H groups in total. The van der Waals surface area contributed by atoms with Crippen molar-refractivity contribution in [2.24, 2.45) is 0 Å². The number of nitrogens with zero attached hydrogens (tertiary/aromatic N) is 4. The molecule has 1 fully saturated rings. The summed E-state index contributed by atoms with van der Waals surface area (Å²) in [6, 6.07) is -1.22. The van der Waals surface area contributed by atoms with Crippen LogP contribution in [0.1, 0.15) is 136 Å². The summed E-state index contributed by atoms with van der Waals surface area (Å²) in [5, 5.41) is 2.79. The number of anilines is 1. The second-order valence-corrected chi connectivity index (χ2v) is 16.2. The topological polar surface area (TPSA) is 230 Å². The molecule has 298 valence electrons. The minimum absolute atomic E-state index is 0.0631. The van der Waals surface area contributed by atoms with E-state index in [1.165, 1.54) is 81.4 Å². The Kier molecular flexibility index (Phi) is 19.0. The highest BCUT2D eigenvalue weighted by Crippen LogP contribution is 2.59. The maximum Gasteiger partial charge on any atom is 0.481 e. The van der Waals surface area contributed by atoms with Crippen LogP contribution in [0.5, 0.6) is 0 Å². The molecule has 0 aromatic carbocycles. The van der Waals surface area contributed by atoms with Gasteiger partial charge in [-0.1, -0.05) is 96.8 Å². The molecule has 1 amide bonds. The van der Waals surface area contributed by atoms with E-state index >= 15 is 4.39 Å². The number of fused-ring (bicyclic) bond motifs is 1. The van der Waals surface area contributed by atoms with E-state index in [1.54, 1.807) is 13.8 Å². The molecule has 0 aliphatic carbocycles. The minimum Gasteiger partial charge on any atom is -0.382 e. The highest BCUT2D eigenvalue weighted by molar-refractivity contribution is 7.60. The summed E-state index contributed by atoms with van der Waals surface area (Å²) in [6.07, 6.45) is 12.9. The lowest BCUT2D eigenvalue weighted by Gasteiger charge is -2.35. The van der Waals surface area contributed by atoms with E-state index in [-0.39, 0.29) is 30.0 Å².